The number of unbranched alkanes of at least 4 members (excludes halogenated alkanes) is 26. The van der Waals surface area contributed by atoms with Crippen LogP contribution in [0.15, 0.2) is 60.8 Å². The predicted molar refractivity (Wildman–Crippen MR) is 273 cm³/mol. The lowest BCUT2D eigenvalue weighted by Crippen LogP contribution is -2.46. The summed E-state index contributed by atoms with van der Waals surface area (Å²) >= 11 is 0. The molecule has 0 spiro atoms. The summed E-state index contributed by atoms with van der Waals surface area (Å²) in [6.07, 6.45) is 62.8. The van der Waals surface area contributed by atoms with E-state index in [0.717, 1.165) is 89.9 Å². The van der Waals surface area contributed by atoms with Gasteiger partial charge in [-0.2, -0.15) is 0 Å². The van der Waals surface area contributed by atoms with Crippen molar-refractivity contribution in [2.24, 2.45) is 0 Å². The SMILES string of the molecule is CC/C=C\C/C=C\C/C=C\C/C=C\C/C=C\CCCCCC(=O)OC(CCCCCCCCCCCCCCCC)CC(=O)NC(CO)C(O)CCCCCCCCCCCCC. The van der Waals surface area contributed by atoms with E-state index in [4.69, 9.17) is 4.74 Å². The van der Waals surface area contributed by atoms with Crippen LogP contribution in [0, 0.1) is 0 Å². The monoisotopic (exact) mass is 882 g/mol. The number of aliphatic hydroxyl groups excluding tert-OH is 2. The van der Waals surface area contributed by atoms with Crippen molar-refractivity contribution >= 4 is 11.9 Å². The number of ether oxygens (including phenoxy) is 1. The summed E-state index contributed by atoms with van der Waals surface area (Å²) in [6, 6.07) is -0.707. The quantitative estimate of drug-likeness (QED) is 0.0321. The van der Waals surface area contributed by atoms with E-state index in [2.05, 4.69) is 86.8 Å². The lowest BCUT2D eigenvalue weighted by molar-refractivity contribution is -0.151. The Morgan fingerprint density at radius 3 is 1.29 bits per heavy atom. The van der Waals surface area contributed by atoms with E-state index < -0.39 is 18.2 Å². The van der Waals surface area contributed by atoms with E-state index in [0.29, 0.717) is 19.3 Å². The predicted octanol–water partition coefficient (Wildman–Crippen LogP) is 16.4. The molecule has 0 saturated heterocycles. The van der Waals surface area contributed by atoms with E-state index in [1.165, 1.54) is 128 Å². The van der Waals surface area contributed by atoms with Crippen molar-refractivity contribution in [3.8, 4) is 0 Å². The standard InChI is InChI=1S/C57H103NO5/c1-4-7-10-13-16-19-22-24-26-27-28-29-30-32-35-38-41-44-47-50-57(62)63-53(48-45-42-39-36-34-31-25-23-20-17-14-11-8-5-2)51-56(61)58-54(52-59)55(60)49-46-43-40-37-33-21-18-15-12-9-6-3/h7,10,16,19,24,26,28-29,32,35,53-55,59-60H,4-6,8-9,11-15,17-18,20-23,25,27,30-31,33-34,36-52H2,1-3H3,(H,58,61)/b10-7-,19-16-,26-24-,29-28-,35-32-. The minimum Gasteiger partial charge on any atom is -0.462 e. The lowest BCUT2D eigenvalue weighted by Gasteiger charge is -2.24. The fraction of sp³-hybridized carbons (Fsp3) is 0.789. The second-order valence-electron chi connectivity index (χ2n) is 18.3. The molecule has 0 aliphatic carbocycles. The van der Waals surface area contributed by atoms with Crippen molar-refractivity contribution in [1.82, 2.24) is 5.32 Å². The van der Waals surface area contributed by atoms with Gasteiger partial charge in [0.15, 0.2) is 0 Å². The van der Waals surface area contributed by atoms with Crippen LogP contribution in [0.3, 0.4) is 0 Å². The van der Waals surface area contributed by atoms with E-state index in [-0.39, 0.29) is 24.9 Å². The molecule has 1 amide bonds. The molecule has 3 unspecified atom stereocenters. The first-order chi connectivity index (χ1) is 31.0. The van der Waals surface area contributed by atoms with Crippen molar-refractivity contribution in [2.45, 2.75) is 283 Å². The van der Waals surface area contributed by atoms with E-state index >= 15 is 0 Å². The number of hydrogen-bond acceptors (Lipinski definition) is 5. The third kappa shape index (κ3) is 45.9. The van der Waals surface area contributed by atoms with Gasteiger partial charge in [-0.05, 0) is 70.6 Å². The van der Waals surface area contributed by atoms with Gasteiger partial charge in [-0.15, -0.1) is 0 Å². The average molecular weight is 882 g/mol. The zero-order valence-electron chi connectivity index (χ0n) is 41.7. The minimum absolute atomic E-state index is 0.0654. The summed E-state index contributed by atoms with van der Waals surface area (Å²) in [5, 5.41) is 23.8. The first kappa shape index (κ1) is 60.6. The summed E-state index contributed by atoms with van der Waals surface area (Å²) in [4.78, 5) is 26.2. The highest BCUT2D eigenvalue weighted by atomic mass is 16.5. The number of carbonyl (C=O) groups excluding carboxylic acids is 2. The number of allylic oxidation sites excluding steroid dienone is 10. The van der Waals surface area contributed by atoms with Crippen molar-refractivity contribution in [2.75, 3.05) is 6.61 Å². The Bertz CT molecular complexity index is 1130. The van der Waals surface area contributed by atoms with Crippen LogP contribution in [-0.4, -0.2) is 46.9 Å². The number of rotatable bonds is 48. The van der Waals surface area contributed by atoms with Crippen LogP contribution >= 0.6 is 0 Å². The van der Waals surface area contributed by atoms with Gasteiger partial charge in [-0.25, -0.2) is 0 Å². The van der Waals surface area contributed by atoms with Gasteiger partial charge in [-0.3, -0.25) is 9.59 Å². The molecule has 63 heavy (non-hydrogen) atoms. The van der Waals surface area contributed by atoms with Gasteiger partial charge in [0, 0.05) is 6.42 Å². The van der Waals surface area contributed by atoms with Crippen LogP contribution in [0.2, 0.25) is 0 Å². The number of aliphatic hydroxyl groups is 2. The second-order valence-corrected chi connectivity index (χ2v) is 18.3. The molecule has 366 valence electrons. The average Bonchev–Trinajstić information content (AvgIpc) is 3.28. The zero-order valence-corrected chi connectivity index (χ0v) is 41.7. The molecule has 6 heteroatoms. The maximum atomic E-state index is 13.2. The minimum atomic E-state index is -0.793. The summed E-state index contributed by atoms with van der Waals surface area (Å²) in [5.74, 6) is -0.504. The number of hydrogen-bond donors (Lipinski definition) is 3. The topological polar surface area (TPSA) is 95.9 Å². The van der Waals surface area contributed by atoms with Crippen molar-refractivity contribution in [3.63, 3.8) is 0 Å². The summed E-state index contributed by atoms with van der Waals surface area (Å²) in [5.41, 5.74) is 0. The Kier molecular flexibility index (Phi) is 48.6. The molecule has 0 aromatic carbocycles. The Hall–Kier alpha value is -2.44. The number of carbonyl (C=O) groups is 2. The zero-order chi connectivity index (χ0) is 45.9. The lowest BCUT2D eigenvalue weighted by atomic mass is 10.0. The first-order valence-electron chi connectivity index (χ1n) is 27.0. The van der Waals surface area contributed by atoms with Gasteiger partial charge < -0.3 is 20.3 Å². The fourth-order valence-corrected chi connectivity index (χ4v) is 8.05. The summed E-state index contributed by atoms with van der Waals surface area (Å²) < 4.78 is 5.93. The molecule has 0 saturated carbocycles. The van der Waals surface area contributed by atoms with Crippen molar-refractivity contribution in [1.29, 1.82) is 0 Å². The largest absolute Gasteiger partial charge is 0.462 e. The molecule has 0 aliphatic rings. The van der Waals surface area contributed by atoms with Crippen LogP contribution < -0.4 is 5.32 Å². The highest BCUT2D eigenvalue weighted by Crippen LogP contribution is 2.18. The third-order valence-electron chi connectivity index (χ3n) is 12.1. The summed E-state index contributed by atoms with van der Waals surface area (Å²) in [7, 11) is 0. The second kappa shape index (κ2) is 50.6. The first-order valence-corrected chi connectivity index (χ1v) is 27.0. The van der Waals surface area contributed by atoms with E-state index in [9.17, 15) is 19.8 Å². The normalized spacial score (nSPS) is 13.7. The Labute approximate surface area is 390 Å². The van der Waals surface area contributed by atoms with Crippen LogP contribution in [-0.2, 0) is 14.3 Å². The van der Waals surface area contributed by atoms with Gasteiger partial charge in [0.05, 0.1) is 25.2 Å². The highest BCUT2D eigenvalue weighted by molar-refractivity contribution is 5.77. The molecule has 0 bridgehead atoms. The number of esters is 1. The smallest absolute Gasteiger partial charge is 0.306 e. The Morgan fingerprint density at radius 1 is 0.476 bits per heavy atom. The van der Waals surface area contributed by atoms with Crippen LogP contribution in [0.5, 0.6) is 0 Å². The molecule has 0 aromatic rings. The van der Waals surface area contributed by atoms with Gasteiger partial charge >= 0.3 is 5.97 Å². The Balaban J connectivity index is 4.61. The molecule has 3 N–H and O–H groups in total. The molecule has 6 nitrogen and oxygen atoms in total. The van der Waals surface area contributed by atoms with Crippen LogP contribution in [0.1, 0.15) is 265 Å². The van der Waals surface area contributed by atoms with Gasteiger partial charge in [0.2, 0.25) is 5.91 Å². The highest BCUT2D eigenvalue weighted by Gasteiger charge is 2.24. The van der Waals surface area contributed by atoms with Crippen molar-refractivity contribution in [3.05, 3.63) is 60.8 Å². The van der Waals surface area contributed by atoms with Gasteiger partial charge in [-0.1, -0.05) is 242 Å². The molecule has 0 aliphatic heterocycles. The maximum Gasteiger partial charge on any atom is 0.306 e. The molecule has 0 fully saturated rings. The van der Waals surface area contributed by atoms with Crippen LogP contribution in [0.25, 0.3) is 0 Å². The van der Waals surface area contributed by atoms with E-state index in [1.807, 2.05) is 0 Å². The van der Waals surface area contributed by atoms with Gasteiger partial charge in [0.25, 0.3) is 0 Å². The number of amides is 1. The molecule has 3 atom stereocenters. The molecule has 0 radical (unpaired) electrons. The maximum absolute atomic E-state index is 13.2. The third-order valence-corrected chi connectivity index (χ3v) is 12.1. The molecule has 0 heterocycles. The van der Waals surface area contributed by atoms with Crippen molar-refractivity contribution < 1.29 is 24.5 Å². The molecular weight excluding hydrogens is 779 g/mol. The molecule has 0 aromatic heterocycles. The van der Waals surface area contributed by atoms with E-state index in [1.54, 1.807) is 0 Å². The summed E-state index contributed by atoms with van der Waals surface area (Å²) in [6.45, 7) is 6.37. The van der Waals surface area contributed by atoms with Gasteiger partial charge in [0.1, 0.15) is 6.10 Å². The van der Waals surface area contributed by atoms with Crippen LogP contribution in [0.4, 0.5) is 0 Å². The molecule has 0 rings (SSSR count). The fourth-order valence-electron chi connectivity index (χ4n) is 8.05. The molecular formula is C57H103NO5. The Morgan fingerprint density at radius 2 is 0.857 bits per heavy atom. The number of nitrogens with one attached hydrogen (secondary N) is 1.